The number of carbonyl (C=O) groups is 2. The highest BCUT2D eigenvalue weighted by Crippen LogP contribution is 2.37. The van der Waals surface area contributed by atoms with Crippen LogP contribution in [0, 0.1) is 5.92 Å². The minimum atomic E-state index is -3.19. The molecule has 1 aliphatic rings. The van der Waals surface area contributed by atoms with E-state index in [2.05, 4.69) is 16.4 Å². The van der Waals surface area contributed by atoms with E-state index in [1.807, 2.05) is 44.3 Å². The van der Waals surface area contributed by atoms with Gasteiger partial charge in [0.15, 0.2) is 0 Å². The maximum atomic E-state index is 12.3. The van der Waals surface area contributed by atoms with Crippen molar-refractivity contribution >= 4 is 32.7 Å². The number of nitrogens with two attached hydrogens (primary N) is 1. The van der Waals surface area contributed by atoms with E-state index < -0.39 is 15.9 Å². The lowest BCUT2D eigenvalue weighted by Gasteiger charge is -2.31. The van der Waals surface area contributed by atoms with E-state index in [1.54, 1.807) is 17.3 Å². The smallest absolute Gasteiger partial charge is 0.250 e. The second kappa shape index (κ2) is 11.1. The number of carbonyl (C=O) groups excluding carboxylic acids is 2. The van der Waals surface area contributed by atoms with E-state index in [4.69, 9.17) is 5.73 Å². The second-order valence-electron chi connectivity index (χ2n) is 10.2. The van der Waals surface area contributed by atoms with Crippen LogP contribution in [0.25, 0.3) is 22.0 Å². The first kappa shape index (κ1) is 26.9. The third-order valence-electron chi connectivity index (χ3n) is 7.11. The quantitative estimate of drug-likeness (QED) is 0.389. The van der Waals surface area contributed by atoms with E-state index in [0.29, 0.717) is 43.1 Å². The van der Waals surface area contributed by atoms with Crippen LogP contribution in [0.4, 0.5) is 0 Å². The largest absolute Gasteiger partial charge is 0.366 e. The Morgan fingerprint density at radius 3 is 2.38 bits per heavy atom. The van der Waals surface area contributed by atoms with Gasteiger partial charge in [-0.15, -0.1) is 0 Å². The molecule has 0 saturated carbocycles. The normalized spacial score (nSPS) is 15.4. The lowest BCUT2D eigenvalue weighted by atomic mass is 9.88. The number of benzene rings is 2. The zero-order chi connectivity index (χ0) is 26.7. The monoisotopic (exact) mass is 524 g/mol. The van der Waals surface area contributed by atoms with Crippen molar-refractivity contribution in [3.8, 4) is 11.1 Å². The van der Waals surface area contributed by atoms with Crippen LogP contribution in [-0.2, 0) is 21.4 Å². The Morgan fingerprint density at radius 1 is 1.11 bits per heavy atom. The number of sulfonamides is 1. The molecular weight excluding hydrogens is 488 g/mol. The Balaban J connectivity index is 1.59. The molecule has 1 aromatic heterocycles. The summed E-state index contributed by atoms with van der Waals surface area (Å²) in [7, 11) is -3.19. The molecular formula is C28H36N4O4S. The van der Waals surface area contributed by atoms with Crippen molar-refractivity contribution in [2.75, 3.05) is 18.8 Å². The van der Waals surface area contributed by atoms with Crippen LogP contribution in [0.15, 0.2) is 42.6 Å². The van der Waals surface area contributed by atoms with E-state index >= 15 is 0 Å². The molecule has 8 nitrogen and oxygen atoms in total. The summed E-state index contributed by atoms with van der Waals surface area (Å²) in [5, 5.41) is 3.89. The maximum Gasteiger partial charge on any atom is 0.250 e. The summed E-state index contributed by atoms with van der Waals surface area (Å²) < 4.78 is 26.1. The predicted molar refractivity (Wildman–Crippen MR) is 147 cm³/mol. The molecule has 1 fully saturated rings. The van der Waals surface area contributed by atoms with Gasteiger partial charge in [0.1, 0.15) is 0 Å². The Hall–Kier alpha value is -3.17. The van der Waals surface area contributed by atoms with Crippen molar-refractivity contribution in [1.82, 2.24) is 14.6 Å². The van der Waals surface area contributed by atoms with E-state index in [-0.39, 0.29) is 17.6 Å². The van der Waals surface area contributed by atoms with Crippen LogP contribution in [0.5, 0.6) is 0 Å². The molecule has 9 heteroatoms. The molecule has 2 aromatic carbocycles. The SMILES string of the molecule is CCS(=O)(=O)N1CCC(c2c[nH]c3c(C(N)=O)cc(-c4ccc(CNC(=O)CC(C)C)cc4)cc23)CC1. The lowest BCUT2D eigenvalue weighted by molar-refractivity contribution is -0.121. The third kappa shape index (κ3) is 6.05. The molecule has 1 saturated heterocycles. The van der Waals surface area contributed by atoms with Crippen LogP contribution in [0.2, 0.25) is 0 Å². The van der Waals surface area contributed by atoms with Gasteiger partial charge in [-0.1, -0.05) is 38.1 Å². The molecule has 0 atom stereocenters. The van der Waals surface area contributed by atoms with Crippen molar-refractivity contribution in [2.45, 2.75) is 52.5 Å². The molecule has 2 amide bonds. The number of hydrogen-bond donors (Lipinski definition) is 3. The first-order chi connectivity index (χ1) is 17.6. The number of piperidine rings is 1. The number of nitrogens with one attached hydrogen (secondary N) is 2. The van der Waals surface area contributed by atoms with Crippen molar-refractivity contribution < 1.29 is 18.0 Å². The minimum Gasteiger partial charge on any atom is -0.366 e. The van der Waals surface area contributed by atoms with Gasteiger partial charge in [-0.25, -0.2) is 12.7 Å². The van der Waals surface area contributed by atoms with Gasteiger partial charge in [0.2, 0.25) is 15.9 Å². The van der Waals surface area contributed by atoms with Gasteiger partial charge >= 0.3 is 0 Å². The van der Waals surface area contributed by atoms with Gasteiger partial charge in [0.05, 0.1) is 16.8 Å². The highest BCUT2D eigenvalue weighted by molar-refractivity contribution is 7.89. The molecule has 198 valence electrons. The molecule has 0 spiro atoms. The molecule has 0 aliphatic carbocycles. The number of primary amides is 1. The zero-order valence-corrected chi connectivity index (χ0v) is 22.5. The van der Waals surface area contributed by atoms with Crippen LogP contribution in [0.3, 0.4) is 0 Å². The summed E-state index contributed by atoms with van der Waals surface area (Å²) in [6.45, 7) is 7.15. The molecule has 0 radical (unpaired) electrons. The van der Waals surface area contributed by atoms with Crippen molar-refractivity contribution in [1.29, 1.82) is 0 Å². The van der Waals surface area contributed by atoms with Gasteiger partial charge in [-0.2, -0.15) is 0 Å². The van der Waals surface area contributed by atoms with Crippen molar-refractivity contribution in [3.05, 3.63) is 59.3 Å². The lowest BCUT2D eigenvalue weighted by Crippen LogP contribution is -2.38. The van der Waals surface area contributed by atoms with E-state index in [1.165, 1.54) is 0 Å². The fraction of sp³-hybridized carbons (Fsp3) is 0.429. The Morgan fingerprint density at radius 2 is 1.78 bits per heavy atom. The number of amides is 2. The topological polar surface area (TPSA) is 125 Å². The Labute approximate surface area is 218 Å². The van der Waals surface area contributed by atoms with E-state index in [9.17, 15) is 18.0 Å². The number of aromatic nitrogens is 1. The molecule has 4 rings (SSSR count). The predicted octanol–water partition coefficient (Wildman–Crippen LogP) is 4.13. The molecule has 0 bridgehead atoms. The first-order valence-corrected chi connectivity index (χ1v) is 14.5. The fourth-order valence-corrected chi connectivity index (χ4v) is 6.17. The molecule has 37 heavy (non-hydrogen) atoms. The summed E-state index contributed by atoms with van der Waals surface area (Å²) in [4.78, 5) is 27.6. The highest BCUT2D eigenvalue weighted by atomic mass is 32.2. The number of rotatable bonds is 9. The van der Waals surface area contributed by atoms with Crippen LogP contribution >= 0.6 is 0 Å². The zero-order valence-electron chi connectivity index (χ0n) is 21.7. The summed E-state index contributed by atoms with van der Waals surface area (Å²) in [6.07, 6.45) is 3.87. The fourth-order valence-electron chi connectivity index (χ4n) is 5.04. The van der Waals surface area contributed by atoms with Crippen LogP contribution < -0.4 is 11.1 Å². The van der Waals surface area contributed by atoms with Gasteiger partial charge in [0.25, 0.3) is 5.91 Å². The van der Waals surface area contributed by atoms with Crippen molar-refractivity contribution in [3.63, 3.8) is 0 Å². The molecule has 0 unspecified atom stereocenters. The number of aromatic amines is 1. The van der Waals surface area contributed by atoms with Gasteiger partial charge in [-0.05, 0) is 66.0 Å². The minimum absolute atomic E-state index is 0.0359. The summed E-state index contributed by atoms with van der Waals surface area (Å²) in [5.41, 5.74) is 10.8. The van der Waals surface area contributed by atoms with E-state index in [0.717, 1.165) is 40.5 Å². The molecule has 1 aliphatic heterocycles. The van der Waals surface area contributed by atoms with Gasteiger partial charge < -0.3 is 16.0 Å². The average Bonchev–Trinajstić information content (AvgIpc) is 3.31. The van der Waals surface area contributed by atoms with Gasteiger partial charge in [-0.3, -0.25) is 9.59 Å². The van der Waals surface area contributed by atoms with Crippen LogP contribution in [-0.4, -0.2) is 48.4 Å². The number of fused-ring (bicyclic) bond motifs is 1. The number of hydrogen-bond acceptors (Lipinski definition) is 4. The maximum absolute atomic E-state index is 12.3. The summed E-state index contributed by atoms with van der Waals surface area (Å²) in [6, 6.07) is 11.8. The number of H-pyrrole nitrogens is 1. The standard InChI is InChI=1S/C28H36N4O4S/c1-4-37(35,36)32-11-9-21(10-12-32)25-17-31-27-23(25)14-22(15-24(27)28(29)34)20-7-5-19(6-8-20)16-30-26(33)13-18(2)3/h5-8,14-15,17-18,21,31H,4,9-13,16H2,1-3H3,(H2,29,34)(H,30,33). The molecule has 3 aromatic rings. The van der Waals surface area contributed by atoms with Gasteiger partial charge in [0, 0.05) is 37.6 Å². The summed E-state index contributed by atoms with van der Waals surface area (Å²) >= 11 is 0. The third-order valence-corrected chi connectivity index (χ3v) is 8.99. The highest BCUT2D eigenvalue weighted by Gasteiger charge is 2.29. The average molecular weight is 525 g/mol. The number of nitrogens with zero attached hydrogens (tertiary/aromatic N) is 1. The Kier molecular flexibility index (Phi) is 8.04. The van der Waals surface area contributed by atoms with Crippen LogP contribution in [0.1, 0.15) is 67.4 Å². The first-order valence-electron chi connectivity index (χ1n) is 12.9. The van der Waals surface area contributed by atoms with Crippen molar-refractivity contribution in [2.24, 2.45) is 11.7 Å². The summed E-state index contributed by atoms with van der Waals surface area (Å²) in [5.74, 6) is 0.137. The molecule has 4 N–H and O–H groups in total. The molecule has 2 heterocycles. The second-order valence-corrected chi connectivity index (χ2v) is 12.5. The Bertz CT molecular complexity index is 1390.